The van der Waals surface area contributed by atoms with E-state index in [1.165, 1.54) is 16.2 Å². The summed E-state index contributed by atoms with van der Waals surface area (Å²) in [5.74, 6) is -0.00833. The minimum absolute atomic E-state index is 0.142. The Morgan fingerprint density at radius 3 is 2.67 bits per heavy atom. The van der Waals surface area contributed by atoms with E-state index in [2.05, 4.69) is 15.4 Å². The molecular weight excluding hydrogens is 362 g/mol. The third kappa shape index (κ3) is 3.42. The topological polar surface area (TPSA) is 79.6 Å². The van der Waals surface area contributed by atoms with Crippen molar-refractivity contribution in [2.45, 2.75) is 0 Å². The first-order valence-corrected chi connectivity index (χ1v) is 9.10. The first kappa shape index (κ1) is 16.9. The average molecular weight is 377 g/mol. The maximum Gasteiger partial charge on any atom is 0.261 e. The molecule has 0 aliphatic rings. The van der Waals surface area contributed by atoms with Crippen LogP contribution in [0.1, 0.15) is 9.67 Å². The molecule has 3 heterocycles. The number of thiophene rings is 1. The molecule has 0 aliphatic carbocycles. The molecule has 0 spiro atoms. The highest BCUT2D eigenvalue weighted by atomic mass is 32.1. The van der Waals surface area contributed by atoms with Gasteiger partial charge in [0.2, 0.25) is 0 Å². The minimum atomic E-state index is -0.283. The molecule has 1 N–H and O–H groups in total. The van der Waals surface area contributed by atoms with Crippen molar-refractivity contribution in [3.05, 3.63) is 77.2 Å². The molecular formula is C19H15N5O2S. The first-order valence-electron chi connectivity index (χ1n) is 8.22. The monoisotopic (exact) mass is 377 g/mol. The van der Waals surface area contributed by atoms with Crippen molar-refractivity contribution in [3.63, 3.8) is 0 Å². The average Bonchev–Trinajstić information content (AvgIpc) is 3.39. The number of hydrogen-bond donors (Lipinski definition) is 1. The van der Waals surface area contributed by atoms with E-state index in [1.54, 1.807) is 41.2 Å². The lowest BCUT2D eigenvalue weighted by Crippen LogP contribution is -2.38. The fraction of sp³-hybridized carbons (Fsp3) is 0.0526. The van der Waals surface area contributed by atoms with Crippen LogP contribution in [0.5, 0.6) is 0 Å². The zero-order valence-corrected chi connectivity index (χ0v) is 15.0. The van der Waals surface area contributed by atoms with Crippen molar-refractivity contribution in [1.29, 1.82) is 0 Å². The van der Waals surface area contributed by atoms with Gasteiger partial charge in [0.05, 0.1) is 23.3 Å². The van der Waals surface area contributed by atoms with E-state index < -0.39 is 0 Å². The van der Waals surface area contributed by atoms with Crippen LogP contribution < -0.4 is 10.2 Å². The van der Waals surface area contributed by atoms with Crippen LogP contribution in [0, 0.1) is 0 Å². The summed E-state index contributed by atoms with van der Waals surface area (Å²) in [7, 11) is 0. The number of benzene rings is 1. The first-order chi connectivity index (χ1) is 13.2. The van der Waals surface area contributed by atoms with E-state index in [1.807, 2.05) is 35.7 Å². The molecule has 0 aliphatic heterocycles. The maximum absolute atomic E-state index is 13.0. The summed E-state index contributed by atoms with van der Waals surface area (Å²) >= 11 is 1.33. The lowest BCUT2D eigenvalue weighted by molar-refractivity contribution is -0.117. The summed E-state index contributed by atoms with van der Waals surface area (Å²) in [6.45, 7) is -0.142. The van der Waals surface area contributed by atoms with Gasteiger partial charge in [0.25, 0.3) is 11.8 Å². The van der Waals surface area contributed by atoms with Gasteiger partial charge in [-0.3, -0.25) is 14.5 Å². The number of carbonyl (C=O) groups is 2. The molecule has 2 amide bonds. The van der Waals surface area contributed by atoms with Gasteiger partial charge in [-0.15, -0.1) is 11.3 Å². The Bertz CT molecular complexity index is 1080. The summed E-state index contributed by atoms with van der Waals surface area (Å²) in [4.78, 5) is 31.5. The number of amides is 2. The number of carbonyl (C=O) groups excluding carboxylic acids is 2. The molecule has 0 radical (unpaired) electrons. The number of fused-ring (bicyclic) bond motifs is 1. The molecule has 4 rings (SSSR count). The van der Waals surface area contributed by atoms with Gasteiger partial charge in [0.1, 0.15) is 5.82 Å². The van der Waals surface area contributed by atoms with E-state index in [0.29, 0.717) is 22.0 Å². The van der Waals surface area contributed by atoms with Crippen LogP contribution in [0.15, 0.2) is 72.4 Å². The number of nitrogens with zero attached hydrogens (tertiary/aromatic N) is 4. The molecule has 0 saturated carbocycles. The quantitative estimate of drug-likeness (QED) is 0.580. The van der Waals surface area contributed by atoms with Gasteiger partial charge in [-0.2, -0.15) is 9.61 Å². The van der Waals surface area contributed by atoms with Gasteiger partial charge in [-0.05, 0) is 29.6 Å². The van der Waals surface area contributed by atoms with E-state index >= 15 is 0 Å². The molecule has 4 aromatic rings. The van der Waals surface area contributed by atoms with E-state index in [4.69, 9.17) is 0 Å². The van der Waals surface area contributed by atoms with Crippen molar-refractivity contribution < 1.29 is 9.59 Å². The van der Waals surface area contributed by atoms with Crippen LogP contribution in [-0.4, -0.2) is 33.0 Å². The second-order valence-electron chi connectivity index (χ2n) is 5.63. The highest BCUT2D eigenvalue weighted by Gasteiger charge is 2.22. The summed E-state index contributed by atoms with van der Waals surface area (Å²) < 4.78 is 1.59. The Kier molecular flexibility index (Phi) is 4.63. The molecule has 8 heteroatoms. The summed E-state index contributed by atoms with van der Waals surface area (Å²) in [6.07, 6.45) is 3.25. The molecule has 0 saturated heterocycles. The SMILES string of the molecule is O=C(NCC(=O)N(c1ccccc1)c1ccnc2ccnn12)c1cccs1. The summed E-state index contributed by atoms with van der Waals surface area (Å²) in [6, 6.07) is 16.2. The van der Waals surface area contributed by atoms with Gasteiger partial charge in [0, 0.05) is 12.3 Å². The zero-order valence-electron chi connectivity index (χ0n) is 14.1. The third-order valence-corrected chi connectivity index (χ3v) is 4.78. The Hall–Kier alpha value is -3.52. The van der Waals surface area contributed by atoms with Gasteiger partial charge in [0.15, 0.2) is 5.65 Å². The van der Waals surface area contributed by atoms with Crippen LogP contribution in [0.25, 0.3) is 5.65 Å². The highest BCUT2D eigenvalue weighted by Crippen LogP contribution is 2.25. The highest BCUT2D eigenvalue weighted by molar-refractivity contribution is 7.12. The molecule has 0 fully saturated rings. The fourth-order valence-electron chi connectivity index (χ4n) is 2.70. The zero-order chi connectivity index (χ0) is 18.6. The predicted molar refractivity (Wildman–Crippen MR) is 103 cm³/mol. The third-order valence-electron chi connectivity index (χ3n) is 3.91. The molecule has 1 aromatic carbocycles. The maximum atomic E-state index is 13.0. The molecule has 3 aromatic heterocycles. The lowest BCUT2D eigenvalue weighted by Gasteiger charge is -2.23. The predicted octanol–water partition coefficient (Wildman–Crippen LogP) is 2.89. The Labute approximate surface area is 158 Å². The van der Waals surface area contributed by atoms with Crippen LogP contribution >= 0.6 is 11.3 Å². The number of aromatic nitrogens is 3. The van der Waals surface area contributed by atoms with E-state index in [9.17, 15) is 9.59 Å². The minimum Gasteiger partial charge on any atom is -0.342 e. The lowest BCUT2D eigenvalue weighted by atomic mass is 10.2. The number of hydrogen-bond acceptors (Lipinski definition) is 5. The molecule has 0 atom stereocenters. The van der Waals surface area contributed by atoms with Crippen LogP contribution in [-0.2, 0) is 4.79 Å². The van der Waals surface area contributed by atoms with Gasteiger partial charge >= 0.3 is 0 Å². The molecule has 134 valence electrons. The number of rotatable bonds is 5. The molecule has 27 heavy (non-hydrogen) atoms. The van der Waals surface area contributed by atoms with Crippen LogP contribution in [0.3, 0.4) is 0 Å². The molecule has 0 bridgehead atoms. The van der Waals surface area contributed by atoms with E-state index in [0.717, 1.165) is 0 Å². The fourth-order valence-corrected chi connectivity index (χ4v) is 3.34. The van der Waals surface area contributed by atoms with Crippen molar-refractivity contribution in [2.24, 2.45) is 0 Å². The molecule has 0 unspecified atom stereocenters. The summed E-state index contributed by atoms with van der Waals surface area (Å²) in [5, 5.41) is 8.76. The number of para-hydroxylation sites is 1. The molecule has 7 nitrogen and oxygen atoms in total. The number of anilines is 2. The van der Waals surface area contributed by atoms with Gasteiger partial charge in [-0.1, -0.05) is 24.3 Å². The van der Waals surface area contributed by atoms with Crippen LogP contribution in [0.4, 0.5) is 11.5 Å². The second kappa shape index (κ2) is 7.38. The van der Waals surface area contributed by atoms with Crippen LogP contribution in [0.2, 0.25) is 0 Å². The Balaban J connectivity index is 1.65. The number of nitrogens with one attached hydrogen (secondary N) is 1. The van der Waals surface area contributed by atoms with Gasteiger partial charge < -0.3 is 5.32 Å². The smallest absolute Gasteiger partial charge is 0.261 e. The van der Waals surface area contributed by atoms with Crippen molar-refractivity contribution in [3.8, 4) is 0 Å². The standard InChI is InChI=1S/C19H15N5O2S/c25-18(13-21-19(26)15-7-4-12-27-15)23(14-5-2-1-3-6-14)17-9-10-20-16-8-11-22-24(16)17/h1-12H,13H2,(H,21,26). The largest absolute Gasteiger partial charge is 0.342 e. The van der Waals surface area contributed by atoms with Crippen molar-refractivity contribution >= 4 is 40.3 Å². The van der Waals surface area contributed by atoms with Crippen molar-refractivity contribution in [1.82, 2.24) is 19.9 Å². The van der Waals surface area contributed by atoms with Crippen molar-refractivity contribution in [2.75, 3.05) is 11.4 Å². The second-order valence-corrected chi connectivity index (χ2v) is 6.58. The van der Waals surface area contributed by atoms with Gasteiger partial charge in [-0.25, -0.2) is 4.98 Å². The summed E-state index contributed by atoms with van der Waals surface area (Å²) in [5.41, 5.74) is 1.31. The Morgan fingerprint density at radius 2 is 1.89 bits per heavy atom. The Morgan fingerprint density at radius 1 is 1.04 bits per heavy atom. The normalized spacial score (nSPS) is 10.7. The van der Waals surface area contributed by atoms with E-state index in [-0.39, 0.29) is 18.4 Å².